The minimum absolute atomic E-state index is 0.103. The van der Waals surface area contributed by atoms with Gasteiger partial charge in [0.25, 0.3) is 11.7 Å². The molecule has 2 fully saturated rings. The fourth-order valence-electron chi connectivity index (χ4n) is 4.09. The van der Waals surface area contributed by atoms with Gasteiger partial charge in [-0.2, -0.15) is 0 Å². The number of hydrogen-bond donors (Lipinski definition) is 1. The molecule has 1 amide bonds. The zero-order valence-corrected chi connectivity index (χ0v) is 17.5. The van der Waals surface area contributed by atoms with Crippen LogP contribution in [0.1, 0.15) is 17.2 Å². The fourth-order valence-corrected chi connectivity index (χ4v) is 4.09. The fraction of sp³-hybridized carbons (Fsp3) is 0.333. The lowest BCUT2D eigenvalue weighted by molar-refractivity contribution is -0.140. The average molecular weight is 422 g/mol. The second-order valence-electron chi connectivity index (χ2n) is 7.59. The zero-order chi connectivity index (χ0) is 21.8. The summed E-state index contributed by atoms with van der Waals surface area (Å²) in [7, 11) is 1.57. The number of aliphatic hydroxyl groups is 1. The number of rotatable bonds is 6. The topological polar surface area (TPSA) is 79.3 Å². The van der Waals surface area contributed by atoms with Gasteiger partial charge in [-0.25, -0.2) is 0 Å². The van der Waals surface area contributed by atoms with E-state index in [2.05, 4.69) is 4.90 Å². The molecule has 2 aliphatic heterocycles. The van der Waals surface area contributed by atoms with Crippen molar-refractivity contribution in [2.75, 3.05) is 46.5 Å². The Hall–Kier alpha value is -3.16. The largest absolute Gasteiger partial charge is 0.507 e. The molecular weight excluding hydrogens is 396 g/mol. The Morgan fingerprint density at radius 2 is 1.81 bits per heavy atom. The summed E-state index contributed by atoms with van der Waals surface area (Å²) in [5.74, 6) is -0.814. The maximum Gasteiger partial charge on any atom is 0.295 e. The maximum absolute atomic E-state index is 13.0. The van der Waals surface area contributed by atoms with Crippen molar-refractivity contribution in [2.45, 2.75) is 6.04 Å². The number of likely N-dealkylation sites (tertiary alicyclic amines) is 1. The van der Waals surface area contributed by atoms with E-state index in [-0.39, 0.29) is 11.3 Å². The monoisotopic (exact) mass is 422 g/mol. The summed E-state index contributed by atoms with van der Waals surface area (Å²) in [6.07, 6.45) is 0. The number of aliphatic hydroxyl groups excluding tert-OH is 1. The van der Waals surface area contributed by atoms with Gasteiger partial charge in [0.2, 0.25) is 0 Å². The molecule has 2 aliphatic rings. The van der Waals surface area contributed by atoms with Crippen molar-refractivity contribution >= 4 is 17.4 Å². The lowest BCUT2D eigenvalue weighted by atomic mass is 9.95. The molecule has 2 heterocycles. The highest BCUT2D eigenvalue weighted by molar-refractivity contribution is 6.46. The number of carbonyl (C=O) groups excluding carboxylic acids is 2. The van der Waals surface area contributed by atoms with Crippen LogP contribution in [-0.4, -0.2) is 73.1 Å². The smallest absolute Gasteiger partial charge is 0.295 e. The molecule has 1 N–H and O–H groups in total. The summed E-state index contributed by atoms with van der Waals surface area (Å²) >= 11 is 0. The number of benzene rings is 2. The van der Waals surface area contributed by atoms with Gasteiger partial charge >= 0.3 is 0 Å². The molecule has 0 radical (unpaired) electrons. The number of methoxy groups -OCH3 is 1. The van der Waals surface area contributed by atoms with Crippen LogP contribution in [0.4, 0.5) is 0 Å². The van der Waals surface area contributed by atoms with Crippen LogP contribution in [0.2, 0.25) is 0 Å². The molecule has 0 aliphatic carbocycles. The normalized spacial score (nSPS) is 21.5. The van der Waals surface area contributed by atoms with Crippen LogP contribution in [0.5, 0.6) is 5.75 Å². The van der Waals surface area contributed by atoms with Crippen molar-refractivity contribution in [1.29, 1.82) is 0 Å². The number of amides is 1. The van der Waals surface area contributed by atoms with Crippen LogP contribution in [0.3, 0.4) is 0 Å². The van der Waals surface area contributed by atoms with E-state index in [0.717, 1.165) is 18.7 Å². The van der Waals surface area contributed by atoms with Gasteiger partial charge in [-0.15, -0.1) is 0 Å². The number of Topliss-reactive ketones (excluding diaryl/α,β-unsaturated/α-hetero) is 1. The van der Waals surface area contributed by atoms with Crippen LogP contribution < -0.4 is 4.74 Å². The van der Waals surface area contributed by atoms with E-state index in [1.807, 2.05) is 18.2 Å². The van der Waals surface area contributed by atoms with E-state index in [4.69, 9.17) is 9.47 Å². The first-order valence-corrected chi connectivity index (χ1v) is 10.4. The van der Waals surface area contributed by atoms with Gasteiger partial charge in [0.15, 0.2) is 0 Å². The van der Waals surface area contributed by atoms with Crippen LogP contribution in [0.25, 0.3) is 5.76 Å². The third-order valence-corrected chi connectivity index (χ3v) is 5.76. The summed E-state index contributed by atoms with van der Waals surface area (Å²) < 4.78 is 10.7. The number of hydrogen-bond acceptors (Lipinski definition) is 6. The van der Waals surface area contributed by atoms with Crippen molar-refractivity contribution in [3.63, 3.8) is 0 Å². The zero-order valence-electron chi connectivity index (χ0n) is 17.5. The third kappa shape index (κ3) is 4.33. The summed E-state index contributed by atoms with van der Waals surface area (Å²) in [6, 6.07) is 15.4. The highest BCUT2D eigenvalue weighted by Gasteiger charge is 2.46. The van der Waals surface area contributed by atoms with Gasteiger partial charge in [0, 0.05) is 31.7 Å². The number of nitrogens with zero attached hydrogens (tertiary/aromatic N) is 2. The molecule has 2 aromatic carbocycles. The molecule has 0 bridgehead atoms. The lowest BCUT2D eigenvalue weighted by Crippen LogP contribution is -2.42. The van der Waals surface area contributed by atoms with E-state index in [0.29, 0.717) is 37.6 Å². The van der Waals surface area contributed by atoms with E-state index < -0.39 is 17.7 Å². The molecule has 1 atom stereocenters. The van der Waals surface area contributed by atoms with Crippen LogP contribution in [0.15, 0.2) is 60.2 Å². The summed E-state index contributed by atoms with van der Waals surface area (Å²) in [4.78, 5) is 29.8. The predicted molar refractivity (Wildman–Crippen MR) is 116 cm³/mol. The molecule has 0 aromatic heterocycles. The Bertz CT molecular complexity index is 982. The number of ether oxygens (including phenoxy) is 2. The van der Waals surface area contributed by atoms with Crippen molar-refractivity contribution in [2.24, 2.45) is 0 Å². The third-order valence-electron chi connectivity index (χ3n) is 5.76. The molecule has 7 nitrogen and oxygen atoms in total. The second kappa shape index (κ2) is 9.32. The van der Waals surface area contributed by atoms with Gasteiger partial charge in [0.1, 0.15) is 11.5 Å². The summed E-state index contributed by atoms with van der Waals surface area (Å²) in [5, 5.41) is 11.0. The molecular formula is C24H26N2O5. The van der Waals surface area contributed by atoms with Gasteiger partial charge in [0.05, 0.1) is 31.9 Å². The predicted octanol–water partition coefficient (Wildman–Crippen LogP) is 2.45. The molecule has 7 heteroatoms. The molecule has 0 spiro atoms. The minimum Gasteiger partial charge on any atom is -0.507 e. The first-order chi connectivity index (χ1) is 15.1. The Kier molecular flexibility index (Phi) is 6.34. The quantitative estimate of drug-likeness (QED) is 0.438. The molecule has 31 heavy (non-hydrogen) atoms. The molecule has 162 valence electrons. The average Bonchev–Trinajstić information content (AvgIpc) is 3.08. The van der Waals surface area contributed by atoms with E-state index in [9.17, 15) is 14.7 Å². The molecule has 0 saturated carbocycles. The number of morpholine rings is 1. The maximum atomic E-state index is 13.0. The van der Waals surface area contributed by atoms with Crippen LogP contribution in [-0.2, 0) is 14.3 Å². The molecule has 4 rings (SSSR count). The first kappa shape index (κ1) is 21.1. The van der Waals surface area contributed by atoms with E-state index >= 15 is 0 Å². The second-order valence-corrected chi connectivity index (χ2v) is 7.59. The highest BCUT2D eigenvalue weighted by Crippen LogP contribution is 2.40. The Balaban J connectivity index is 1.74. The van der Waals surface area contributed by atoms with E-state index in [1.54, 1.807) is 48.4 Å². The Morgan fingerprint density at radius 3 is 2.52 bits per heavy atom. The summed E-state index contributed by atoms with van der Waals surface area (Å²) in [6.45, 7) is 3.90. The van der Waals surface area contributed by atoms with Crippen molar-refractivity contribution < 1.29 is 24.2 Å². The van der Waals surface area contributed by atoms with Crippen molar-refractivity contribution in [3.05, 3.63) is 71.3 Å². The molecule has 0 unspecified atom stereocenters. The van der Waals surface area contributed by atoms with Gasteiger partial charge in [-0.1, -0.05) is 42.5 Å². The lowest BCUT2D eigenvalue weighted by Gasteiger charge is -2.31. The van der Waals surface area contributed by atoms with Gasteiger partial charge in [-0.05, 0) is 17.7 Å². The summed E-state index contributed by atoms with van der Waals surface area (Å²) in [5.41, 5.74) is 1.33. The van der Waals surface area contributed by atoms with Gasteiger partial charge in [-0.3, -0.25) is 14.5 Å². The van der Waals surface area contributed by atoms with Crippen molar-refractivity contribution in [3.8, 4) is 5.75 Å². The highest BCUT2D eigenvalue weighted by atomic mass is 16.5. The molecule has 2 saturated heterocycles. The standard InChI is InChI=1S/C24H26N2O5/c1-30-19-9-5-8-18(16-19)21-20(22(27)17-6-3-2-4-7-17)23(28)24(29)26(21)11-10-25-12-14-31-15-13-25/h2-9,16,21,27H,10-15H2,1H3/b22-20+/t21-/m1/s1. The van der Waals surface area contributed by atoms with Crippen LogP contribution in [0, 0.1) is 0 Å². The SMILES string of the molecule is COc1cccc([C@@H]2/C(=C(\O)c3ccccc3)C(=O)C(=O)N2CCN2CCOCC2)c1. The van der Waals surface area contributed by atoms with E-state index in [1.165, 1.54) is 0 Å². The minimum atomic E-state index is -0.684. The van der Waals surface area contributed by atoms with Gasteiger partial charge < -0.3 is 19.5 Å². The van der Waals surface area contributed by atoms with Crippen LogP contribution >= 0.6 is 0 Å². The Labute approximate surface area is 181 Å². The van der Waals surface area contributed by atoms with Crippen molar-refractivity contribution in [1.82, 2.24) is 9.80 Å². The molecule has 2 aromatic rings. The Morgan fingerprint density at radius 1 is 1.06 bits per heavy atom. The number of carbonyl (C=O) groups is 2. The number of ketones is 1. The first-order valence-electron chi connectivity index (χ1n) is 10.4.